The summed E-state index contributed by atoms with van der Waals surface area (Å²) in [7, 11) is 0. The van der Waals surface area contributed by atoms with Crippen molar-refractivity contribution in [3.8, 4) is 0 Å². The average Bonchev–Trinajstić information content (AvgIpc) is 2.05. The summed E-state index contributed by atoms with van der Waals surface area (Å²) in [5, 5.41) is 0. The van der Waals surface area contributed by atoms with Crippen molar-refractivity contribution in [3.63, 3.8) is 0 Å². The van der Waals surface area contributed by atoms with Crippen molar-refractivity contribution >= 4 is 0 Å². The molecule has 0 nitrogen and oxygen atoms in total. The third-order valence-electron chi connectivity index (χ3n) is 1.69. The Morgan fingerprint density at radius 2 is 1.67 bits per heavy atom. The maximum Gasteiger partial charge on any atom is -0.00945 e. The normalized spacial score (nSPS) is 29.3. The number of allylic oxidation sites excluding steroid dienone is 8. The van der Waals surface area contributed by atoms with Gasteiger partial charge >= 0.3 is 0 Å². The van der Waals surface area contributed by atoms with E-state index in [1.165, 1.54) is 0 Å². The zero-order valence-electron chi connectivity index (χ0n) is 7.37. The molecule has 12 heavy (non-hydrogen) atoms. The molecule has 0 amide bonds. The smallest absolute Gasteiger partial charge is 0.00945 e. The summed E-state index contributed by atoms with van der Waals surface area (Å²) < 4.78 is 0. The first-order valence-corrected chi connectivity index (χ1v) is 4.52. The van der Waals surface area contributed by atoms with Crippen LogP contribution in [0.25, 0.3) is 0 Å². The van der Waals surface area contributed by atoms with E-state index < -0.39 is 0 Å². The molecule has 0 saturated heterocycles. The Morgan fingerprint density at radius 1 is 0.833 bits per heavy atom. The molecule has 1 radical (unpaired) electrons. The summed E-state index contributed by atoms with van der Waals surface area (Å²) in [6.07, 6.45) is 22.5. The SMILES string of the molecule is [C]1=C\C=C\CC/C=C/C/C=C/C/1. The molecule has 0 aromatic heterocycles. The Hall–Kier alpha value is -1.04. The van der Waals surface area contributed by atoms with Gasteiger partial charge in [0, 0.05) is 0 Å². The average molecular weight is 159 g/mol. The van der Waals surface area contributed by atoms with Gasteiger partial charge in [-0.2, -0.15) is 0 Å². The largest absolute Gasteiger partial charge is 0.0879 e. The fourth-order valence-electron chi connectivity index (χ4n) is 1.03. The van der Waals surface area contributed by atoms with Gasteiger partial charge in [0.1, 0.15) is 0 Å². The van der Waals surface area contributed by atoms with Gasteiger partial charge in [-0.25, -0.2) is 0 Å². The van der Waals surface area contributed by atoms with Crippen molar-refractivity contribution < 1.29 is 0 Å². The van der Waals surface area contributed by atoms with Gasteiger partial charge in [-0.1, -0.05) is 42.5 Å². The molecule has 0 heterocycles. The Labute approximate surface area is 75.0 Å². The molecule has 0 heteroatoms. The number of hydrogen-bond acceptors (Lipinski definition) is 0. The monoisotopic (exact) mass is 159 g/mol. The predicted octanol–water partition coefficient (Wildman–Crippen LogP) is 3.59. The van der Waals surface area contributed by atoms with E-state index in [4.69, 9.17) is 0 Å². The quantitative estimate of drug-likeness (QED) is 0.474. The summed E-state index contributed by atoms with van der Waals surface area (Å²) >= 11 is 0. The summed E-state index contributed by atoms with van der Waals surface area (Å²) in [5.74, 6) is 0. The van der Waals surface area contributed by atoms with E-state index >= 15 is 0 Å². The van der Waals surface area contributed by atoms with E-state index in [0.717, 1.165) is 25.7 Å². The molecule has 1 rings (SSSR count). The summed E-state index contributed by atoms with van der Waals surface area (Å²) in [4.78, 5) is 0. The van der Waals surface area contributed by atoms with Crippen molar-refractivity contribution in [2.24, 2.45) is 0 Å². The molecule has 0 aliphatic heterocycles. The second-order valence-corrected chi connectivity index (χ2v) is 2.76. The van der Waals surface area contributed by atoms with Crippen LogP contribution in [0.15, 0.2) is 42.5 Å². The van der Waals surface area contributed by atoms with E-state index in [1.807, 2.05) is 6.08 Å². The summed E-state index contributed by atoms with van der Waals surface area (Å²) in [6, 6.07) is 0. The van der Waals surface area contributed by atoms with Crippen LogP contribution in [0.4, 0.5) is 0 Å². The third-order valence-corrected chi connectivity index (χ3v) is 1.69. The molecular weight excluding hydrogens is 144 g/mol. The molecule has 1 aliphatic carbocycles. The highest BCUT2D eigenvalue weighted by Crippen LogP contribution is 1.98. The van der Waals surface area contributed by atoms with Gasteiger partial charge in [0.2, 0.25) is 0 Å². The first-order chi connectivity index (χ1) is 6.00. The van der Waals surface area contributed by atoms with Crippen molar-refractivity contribution in [1.82, 2.24) is 0 Å². The molecule has 1 aliphatic rings. The minimum absolute atomic E-state index is 0.929. The van der Waals surface area contributed by atoms with E-state index in [0.29, 0.717) is 0 Å². The molecule has 0 bridgehead atoms. The van der Waals surface area contributed by atoms with Crippen LogP contribution in [-0.4, -0.2) is 0 Å². The molecule has 0 spiro atoms. The molecule has 0 aromatic carbocycles. The van der Waals surface area contributed by atoms with Crippen LogP contribution >= 0.6 is 0 Å². The highest BCUT2D eigenvalue weighted by atomic mass is 13.8. The van der Waals surface area contributed by atoms with E-state index in [-0.39, 0.29) is 0 Å². The number of hydrogen-bond donors (Lipinski definition) is 0. The zero-order chi connectivity index (χ0) is 8.49. The molecule has 0 unspecified atom stereocenters. The molecule has 0 atom stereocenters. The Bertz CT molecular complexity index is 204. The van der Waals surface area contributed by atoms with Crippen molar-refractivity contribution in [2.75, 3.05) is 0 Å². The molecule has 0 N–H and O–H groups in total. The first-order valence-electron chi connectivity index (χ1n) is 4.52. The van der Waals surface area contributed by atoms with Gasteiger partial charge in [-0.05, 0) is 31.8 Å². The van der Waals surface area contributed by atoms with Crippen LogP contribution in [0.5, 0.6) is 0 Å². The Morgan fingerprint density at radius 3 is 2.67 bits per heavy atom. The molecule has 63 valence electrons. The summed E-state index contributed by atoms with van der Waals surface area (Å²) in [6.45, 7) is 0. The fourth-order valence-corrected chi connectivity index (χ4v) is 1.03. The topological polar surface area (TPSA) is 0 Å². The third kappa shape index (κ3) is 4.73. The Kier molecular flexibility index (Phi) is 5.02. The van der Waals surface area contributed by atoms with Gasteiger partial charge in [0.25, 0.3) is 0 Å². The summed E-state index contributed by atoms with van der Waals surface area (Å²) in [5.41, 5.74) is 0. The zero-order valence-corrected chi connectivity index (χ0v) is 7.37. The van der Waals surface area contributed by atoms with E-state index in [1.54, 1.807) is 0 Å². The highest BCUT2D eigenvalue weighted by Gasteiger charge is 1.78. The van der Waals surface area contributed by atoms with Crippen LogP contribution in [-0.2, 0) is 0 Å². The maximum atomic E-state index is 3.18. The van der Waals surface area contributed by atoms with E-state index in [9.17, 15) is 0 Å². The van der Waals surface area contributed by atoms with Gasteiger partial charge in [-0.3, -0.25) is 0 Å². The lowest BCUT2D eigenvalue weighted by Gasteiger charge is -1.87. The molecule has 0 saturated carbocycles. The molecular formula is C12H15. The van der Waals surface area contributed by atoms with Crippen molar-refractivity contribution in [1.29, 1.82) is 0 Å². The van der Waals surface area contributed by atoms with Crippen LogP contribution in [0.1, 0.15) is 25.7 Å². The van der Waals surface area contributed by atoms with Crippen LogP contribution in [0.2, 0.25) is 0 Å². The maximum absolute atomic E-state index is 3.18. The van der Waals surface area contributed by atoms with E-state index in [2.05, 4.69) is 42.5 Å². The predicted molar refractivity (Wildman–Crippen MR) is 53.7 cm³/mol. The second-order valence-electron chi connectivity index (χ2n) is 2.76. The van der Waals surface area contributed by atoms with Crippen LogP contribution < -0.4 is 0 Å². The lowest BCUT2D eigenvalue weighted by atomic mass is 10.2. The standard InChI is InChI=1S/C12H15/c1-2-4-6-8-10-12-11-9-7-5-3-1/h1-3,8-11H,4,6-7,12H2/b2-1+,5-3?,10-8+,11-9+. The van der Waals surface area contributed by atoms with Gasteiger partial charge in [0.05, 0.1) is 0 Å². The molecule has 0 fully saturated rings. The van der Waals surface area contributed by atoms with Crippen molar-refractivity contribution in [2.45, 2.75) is 25.7 Å². The van der Waals surface area contributed by atoms with Crippen LogP contribution in [0.3, 0.4) is 0 Å². The number of rotatable bonds is 0. The molecule has 0 aromatic rings. The fraction of sp³-hybridized carbons (Fsp3) is 0.333. The van der Waals surface area contributed by atoms with Gasteiger partial charge < -0.3 is 0 Å². The first kappa shape index (κ1) is 9.05. The minimum Gasteiger partial charge on any atom is -0.0879 e. The van der Waals surface area contributed by atoms with Gasteiger partial charge in [0.15, 0.2) is 0 Å². The Balaban J connectivity index is 2.41. The van der Waals surface area contributed by atoms with Crippen LogP contribution in [0, 0.1) is 6.08 Å². The van der Waals surface area contributed by atoms with Crippen molar-refractivity contribution in [3.05, 3.63) is 48.6 Å². The second kappa shape index (κ2) is 6.66. The highest BCUT2D eigenvalue weighted by molar-refractivity contribution is 5.03. The minimum atomic E-state index is 0.929. The lowest BCUT2D eigenvalue weighted by molar-refractivity contribution is 1.04. The van der Waals surface area contributed by atoms with Gasteiger partial charge in [-0.15, -0.1) is 0 Å². The lowest BCUT2D eigenvalue weighted by Crippen LogP contribution is -1.67.